The number of hydrogen-bond donors (Lipinski definition) is 0. The summed E-state index contributed by atoms with van der Waals surface area (Å²) in [7, 11) is 0. The highest BCUT2D eigenvalue weighted by Crippen LogP contribution is 2.30. The number of aldehydes is 1. The van der Waals surface area contributed by atoms with E-state index in [9.17, 15) is 9.18 Å². The van der Waals surface area contributed by atoms with Crippen molar-refractivity contribution >= 4 is 22.2 Å². The van der Waals surface area contributed by atoms with Gasteiger partial charge in [-0.1, -0.05) is 22.0 Å². The van der Waals surface area contributed by atoms with Crippen LogP contribution < -0.4 is 4.74 Å². The van der Waals surface area contributed by atoms with E-state index in [2.05, 4.69) is 20.9 Å². The molecule has 0 aliphatic rings. The van der Waals surface area contributed by atoms with Crippen molar-refractivity contribution in [3.63, 3.8) is 0 Å². The first-order valence-corrected chi connectivity index (χ1v) is 6.43. The van der Waals surface area contributed by atoms with E-state index in [4.69, 9.17) is 4.74 Å². The number of aromatic nitrogens is 1. The Bertz CT molecular complexity index is 616. The second kappa shape index (κ2) is 5.93. The molecule has 0 unspecified atom stereocenters. The highest BCUT2D eigenvalue weighted by molar-refractivity contribution is 9.10. The monoisotopic (exact) mass is 323 g/mol. The fraction of sp³-hybridized carbons (Fsp3) is 0.143. The Labute approximate surface area is 118 Å². The first-order valence-electron chi connectivity index (χ1n) is 5.64. The van der Waals surface area contributed by atoms with Crippen molar-refractivity contribution in [2.45, 2.75) is 13.3 Å². The molecule has 0 aliphatic carbocycles. The summed E-state index contributed by atoms with van der Waals surface area (Å²) >= 11 is 3.21. The molecule has 0 saturated carbocycles. The van der Waals surface area contributed by atoms with Gasteiger partial charge < -0.3 is 9.53 Å². The third kappa shape index (κ3) is 3.17. The zero-order valence-electron chi connectivity index (χ0n) is 10.2. The number of aryl methyl sites for hydroxylation is 1. The van der Waals surface area contributed by atoms with Crippen molar-refractivity contribution < 1.29 is 13.9 Å². The Morgan fingerprint density at radius 2 is 2.16 bits per heavy atom. The van der Waals surface area contributed by atoms with Crippen LogP contribution in [0.3, 0.4) is 0 Å². The quantitative estimate of drug-likeness (QED) is 0.803. The van der Waals surface area contributed by atoms with E-state index >= 15 is 0 Å². The minimum atomic E-state index is -0.551. The molecule has 5 heteroatoms. The third-order valence-corrected chi connectivity index (χ3v) is 3.26. The molecule has 0 radical (unpaired) electrons. The third-order valence-electron chi connectivity index (χ3n) is 2.52. The zero-order valence-corrected chi connectivity index (χ0v) is 11.8. The molecule has 1 aromatic carbocycles. The molecule has 19 heavy (non-hydrogen) atoms. The van der Waals surface area contributed by atoms with Crippen molar-refractivity contribution in [1.82, 2.24) is 4.98 Å². The minimum Gasteiger partial charge on any atom is -0.436 e. The number of ether oxygens (including phenoxy) is 1. The van der Waals surface area contributed by atoms with Crippen LogP contribution in [0.5, 0.6) is 11.6 Å². The molecule has 2 aromatic rings. The molecule has 1 aromatic heterocycles. The maximum absolute atomic E-state index is 14.2. The molecular formula is C14H11BrFNO2. The molecule has 0 atom stereocenters. The summed E-state index contributed by atoms with van der Waals surface area (Å²) in [5.41, 5.74) is 1.06. The lowest BCUT2D eigenvalue weighted by atomic mass is 10.1. The Morgan fingerprint density at radius 3 is 2.84 bits per heavy atom. The fourth-order valence-corrected chi connectivity index (χ4v) is 2.08. The summed E-state index contributed by atoms with van der Waals surface area (Å²) in [5, 5.41) is 0. The van der Waals surface area contributed by atoms with Crippen LogP contribution in [-0.4, -0.2) is 11.3 Å². The standard InChI is InChI=1S/C14H11BrFNO2/c1-9-3-2-4-13(17-9)19-12-6-5-11(15)10(7-8-18)14(12)16/h2-6,8H,7H2,1H3. The number of hydrogen-bond acceptors (Lipinski definition) is 3. The van der Waals surface area contributed by atoms with Crippen molar-refractivity contribution in [3.8, 4) is 11.6 Å². The lowest BCUT2D eigenvalue weighted by molar-refractivity contribution is -0.107. The van der Waals surface area contributed by atoms with Gasteiger partial charge in [0.05, 0.1) is 0 Å². The summed E-state index contributed by atoms with van der Waals surface area (Å²) in [5.74, 6) is -0.179. The smallest absolute Gasteiger partial charge is 0.219 e. The van der Waals surface area contributed by atoms with Gasteiger partial charge in [-0.2, -0.15) is 0 Å². The predicted octanol–water partition coefficient (Wildman–Crippen LogP) is 3.83. The van der Waals surface area contributed by atoms with Gasteiger partial charge in [-0.25, -0.2) is 9.37 Å². The Morgan fingerprint density at radius 1 is 1.37 bits per heavy atom. The normalized spacial score (nSPS) is 10.3. The SMILES string of the molecule is Cc1cccc(Oc2ccc(Br)c(CC=O)c2F)n1. The largest absolute Gasteiger partial charge is 0.436 e. The first kappa shape index (κ1) is 13.7. The number of carbonyl (C=O) groups is 1. The van der Waals surface area contributed by atoms with E-state index < -0.39 is 5.82 Å². The van der Waals surface area contributed by atoms with Crippen LogP contribution in [-0.2, 0) is 11.2 Å². The van der Waals surface area contributed by atoms with Gasteiger partial charge in [-0.15, -0.1) is 0 Å². The average molecular weight is 324 g/mol. The van der Waals surface area contributed by atoms with E-state index in [1.807, 2.05) is 13.0 Å². The maximum atomic E-state index is 14.2. The predicted molar refractivity (Wildman–Crippen MR) is 72.9 cm³/mol. The van der Waals surface area contributed by atoms with Crippen LogP contribution in [0.2, 0.25) is 0 Å². The van der Waals surface area contributed by atoms with Gasteiger partial charge in [0.25, 0.3) is 0 Å². The molecule has 0 fully saturated rings. The van der Waals surface area contributed by atoms with Gasteiger partial charge in [-0.3, -0.25) is 0 Å². The average Bonchev–Trinajstić information content (AvgIpc) is 2.38. The number of benzene rings is 1. The number of carbonyl (C=O) groups excluding carboxylic acids is 1. The second-order valence-electron chi connectivity index (χ2n) is 3.93. The molecule has 2 rings (SSSR count). The topological polar surface area (TPSA) is 39.2 Å². The van der Waals surface area contributed by atoms with Crippen LogP contribution in [0, 0.1) is 12.7 Å². The lowest BCUT2D eigenvalue weighted by Gasteiger charge is -2.10. The Balaban J connectivity index is 2.35. The summed E-state index contributed by atoms with van der Waals surface area (Å²) in [6, 6.07) is 8.39. The summed E-state index contributed by atoms with van der Waals surface area (Å²) < 4.78 is 20.1. The molecule has 3 nitrogen and oxygen atoms in total. The van der Waals surface area contributed by atoms with Crippen LogP contribution in [0.1, 0.15) is 11.3 Å². The van der Waals surface area contributed by atoms with E-state index in [0.29, 0.717) is 16.6 Å². The molecular weight excluding hydrogens is 313 g/mol. The van der Waals surface area contributed by atoms with E-state index in [0.717, 1.165) is 5.69 Å². The summed E-state index contributed by atoms with van der Waals surface area (Å²) in [4.78, 5) is 14.7. The van der Waals surface area contributed by atoms with Crippen LogP contribution in [0.15, 0.2) is 34.8 Å². The number of pyridine rings is 1. The number of nitrogens with zero attached hydrogens (tertiary/aromatic N) is 1. The van der Waals surface area contributed by atoms with Crippen LogP contribution >= 0.6 is 15.9 Å². The van der Waals surface area contributed by atoms with Gasteiger partial charge >= 0.3 is 0 Å². The first-order chi connectivity index (χ1) is 9.11. The van der Waals surface area contributed by atoms with Gasteiger partial charge in [0.2, 0.25) is 5.88 Å². The molecule has 0 aliphatic heterocycles. The van der Waals surface area contributed by atoms with Gasteiger partial charge in [0.1, 0.15) is 6.29 Å². The van der Waals surface area contributed by atoms with Gasteiger partial charge in [-0.05, 0) is 25.1 Å². The molecule has 0 N–H and O–H groups in total. The van der Waals surface area contributed by atoms with Crippen molar-refractivity contribution in [2.24, 2.45) is 0 Å². The van der Waals surface area contributed by atoms with E-state index in [-0.39, 0.29) is 17.7 Å². The van der Waals surface area contributed by atoms with E-state index in [1.54, 1.807) is 18.2 Å². The maximum Gasteiger partial charge on any atom is 0.219 e. The summed E-state index contributed by atoms with van der Waals surface area (Å²) in [6.07, 6.45) is 0.642. The van der Waals surface area contributed by atoms with Gasteiger partial charge in [0.15, 0.2) is 11.6 Å². The van der Waals surface area contributed by atoms with Crippen LogP contribution in [0.25, 0.3) is 0 Å². The number of halogens is 2. The zero-order chi connectivity index (χ0) is 13.8. The molecule has 0 bridgehead atoms. The van der Waals surface area contributed by atoms with Crippen molar-refractivity contribution in [1.29, 1.82) is 0 Å². The van der Waals surface area contributed by atoms with Crippen LogP contribution in [0.4, 0.5) is 4.39 Å². The van der Waals surface area contributed by atoms with Crippen molar-refractivity contribution in [3.05, 3.63) is 51.9 Å². The number of rotatable bonds is 4. The Hall–Kier alpha value is -1.75. The highest BCUT2D eigenvalue weighted by atomic mass is 79.9. The lowest BCUT2D eigenvalue weighted by Crippen LogP contribution is -1.98. The molecule has 0 spiro atoms. The van der Waals surface area contributed by atoms with E-state index in [1.165, 1.54) is 6.07 Å². The molecule has 1 heterocycles. The summed E-state index contributed by atoms with van der Waals surface area (Å²) in [6.45, 7) is 1.82. The fourth-order valence-electron chi connectivity index (χ4n) is 1.61. The molecule has 0 saturated heterocycles. The Kier molecular flexibility index (Phi) is 4.27. The molecule has 0 amide bonds. The molecule has 98 valence electrons. The minimum absolute atomic E-state index is 0.00906. The second-order valence-corrected chi connectivity index (χ2v) is 4.78. The highest BCUT2D eigenvalue weighted by Gasteiger charge is 2.14. The van der Waals surface area contributed by atoms with Gasteiger partial charge in [0, 0.05) is 28.2 Å². The van der Waals surface area contributed by atoms with Crippen molar-refractivity contribution in [2.75, 3.05) is 0 Å².